The van der Waals surface area contributed by atoms with Crippen LogP contribution in [0.5, 0.6) is 0 Å². The highest BCUT2D eigenvalue weighted by Gasteiger charge is 2.04. The van der Waals surface area contributed by atoms with E-state index in [1.807, 2.05) is 30.3 Å². The van der Waals surface area contributed by atoms with Gasteiger partial charge in [-0.15, -0.1) is 0 Å². The van der Waals surface area contributed by atoms with Crippen LogP contribution < -0.4 is 0 Å². The van der Waals surface area contributed by atoms with Crippen LogP contribution in [0.2, 0.25) is 0 Å². The van der Waals surface area contributed by atoms with Crippen LogP contribution in [0.15, 0.2) is 53.4 Å². The first kappa shape index (κ1) is 10.4. The van der Waals surface area contributed by atoms with Gasteiger partial charge < -0.3 is 0 Å². The lowest BCUT2D eigenvalue weighted by Crippen LogP contribution is -1.89. The topological polar surface area (TPSA) is 38.7 Å². The van der Waals surface area contributed by atoms with Gasteiger partial charge in [0.25, 0.3) is 0 Å². The number of rotatable bonds is 1. The van der Waals surface area contributed by atoms with Crippen LogP contribution in [-0.4, -0.2) is 15.0 Å². The second-order valence-electron chi connectivity index (χ2n) is 3.60. The molecule has 0 bridgehead atoms. The van der Waals surface area contributed by atoms with Crippen molar-refractivity contribution in [2.45, 2.75) is 0 Å². The van der Waals surface area contributed by atoms with Crippen LogP contribution in [0.25, 0.3) is 22.3 Å². The molecule has 0 aliphatic carbocycles. The molecular weight excluding hydrogens is 278 g/mol. The van der Waals surface area contributed by atoms with Crippen molar-refractivity contribution in [3.05, 3.63) is 53.4 Å². The number of para-hydroxylation sites is 1. The van der Waals surface area contributed by atoms with Crippen molar-refractivity contribution in [3.63, 3.8) is 0 Å². The highest BCUT2D eigenvalue weighted by atomic mass is 79.9. The Hall–Kier alpha value is -1.81. The fourth-order valence-electron chi connectivity index (χ4n) is 1.68. The number of pyridine rings is 1. The molecule has 82 valence electrons. The molecule has 3 aromatic rings. The highest BCUT2D eigenvalue weighted by Crippen LogP contribution is 2.24. The van der Waals surface area contributed by atoms with E-state index in [1.54, 1.807) is 18.6 Å². The average molecular weight is 286 g/mol. The van der Waals surface area contributed by atoms with E-state index in [4.69, 9.17) is 0 Å². The Kier molecular flexibility index (Phi) is 2.57. The lowest BCUT2D eigenvalue weighted by Gasteiger charge is -2.03. The van der Waals surface area contributed by atoms with Crippen molar-refractivity contribution in [2.75, 3.05) is 0 Å². The Balaban J connectivity index is 2.23. The summed E-state index contributed by atoms with van der Waals surface area (Å²) in [6, 6.07) is 10.0. The molecule has 3 rings (SSSR count). The summed E-state index contributed by atoms with van der Waals surface area (Å²) in [7, 11) is 0. The number of halogens is 1. The van der Waals surface area contributed by atoms with Gasteiger partial charge in [0, 0.05) is 22.3 Å². The summed E-state index contributed by atoms with van der Waals surface area (Å²) in [5, 5.41) is 1.10. The molecule has 0 spiro atoms. The summed E-state index contributed by atoms with van der Waals surface area (Å²) in [6.07, 6.45) is 5.03. The van der Waals surface area contributed by atoms with Crippen LogP contribution in [0, 0.1) is 0 Å². The average Bonchev–Trinajstić information content (AvgIpc) is 2.40. The Morgan fingerprint density at radius 2 is 1.88 bits per heavy atom. The van der Waals surface area contributed by atoms with Crippen LogP contribution in [0.3, 0.4) is 0 Å². The van der Waals surface area contributed by atoms with Gasteiger partial charge in [-0.3, -0.25) is 9.97 Å². The maximum Gasteiger partial charge on any atom is 0.107 e. The Labute approximate surface area is 107 Å². The standard InChI is InChI=1S/C13H8BrN3/c14-10-3-1-2-9-4-5-11(17-13(9)10)12-8-15-6-7-16-12/h1-8H. The molecule has 4 heteroatoms. The van der Waals surface area contributed by atoms with Crippen molar-refractivity contribution >= 4 is 26.8 Å². The summed E-state index contributed by atoms with van der Waals surface area (Å²) in [5.41, 5.74) is 2.55. The van der Waals surface area contributed by atoms with Crippen molar-refractivity contribution in [1.82, 2.24) is 15.0 Å². The summed E-state index contributed by atoms with van der Waals surface area (Å²) in [6.45, 7) is 0. The molecule has 17 heavy (non-hydrogen) atoms. The fraction of sp³-hybridized carbons (Fsp3) is 0. The molecular formula is C13H8BrN3. The highest BCUT2D eigenvalue weighted by molar-refractivity contribution is 9.10. The molecule has 0 saturated carbocycles. The number of nitrogens with zero attached hydrogens (tertiary/aromatic N) is 3. The van der Waals surface area contributed by atoms with Gasteiger partial charge in [-0.1, -0.05) is 18.2 Å². The minimum Gasteiger partial charge on any atom is -0.261 e. The summed E-state index contributed by atoms with van der Waals surface area (Å²) in [5.74, 6) is 0. The monoisotopic (exact) mass is 285 g/mol. The molecule has 0 atom stereocenters. The SMILES string of the molecule is Brc1cccc2ccc(-c3cnccn3)nc12. The number of hydrogen-bond acceptors (Lipinski definition) is 3. The van der Waals surface area contributed by atoms with Gasteiger partial charge in [0.2, 0.25) is 0 Å². The smallest absolute Gasteiger partial charge is 0.107 e. The quantitative estimate of drug-likeness (QED) is 0.687. The van der Waals surface area contributed by atoms with E-state index >= 15 is 0 Å². The van der Waals surface area contributed by atoms with Gasteiger partial charge in [0.1, 0.15) is 5.69 Å². The van der Waals surface area contributed by atoms with Gasteiger partial charge in [-0.2, -0.15) is 0 Å². The van der Waals surface area contributed by atoms with Gasteiger partial charge >= 0.3 is 0 Å². The van der Waals surface area contributed by atoms with Gasteiger partial charge in [-0.05, 0) is 28.1 Å². The van der Waals surface area contributed by atoms with Crippen molar-refractivity contribution in [1.29, 1.82) is 0 Å². The van der Waals surface area contributed by atoms with Crippen molar-refractivity contribution < 1.29 is 0 Å². The normalized spacial score (nSPS) is 10.6. The molecule has 0 N–H and O–H groups in total. The van der Waals surface area contributed by atoms with Crippen LogP contribution in [0.1, 0.15) is 0 Å². The number of fused-ring (bicyclic) bond motifs is 1. The minimum absolute atomic E-state index is 0.783. The predicted octanol–water partition coefficient (Wildman–Crippen LogP) is 3.45. The molecule has 0 saturated heterocycles. The third-order valence-corrected chi connectivity index (χ3v) is 3.14. The molecule has 0 aliphatic heterocycles. The van der Waals surface area contributed by atoms with E-state index in [1.165, 1.54) is 0 Å². The zero-order valence-corrected chi connectivity index (χ0v) is 10.4. The molecule has 2 aromatic heterocycles. The number of hydrogen-bond donors (Lipinski definition) is 0. The first-order valence-electron chi connectivity index (χ1n) is 5.16. The van der Waals surface area contributed by atoms with Crippen molar-refractivity contribution in [2.24, 2.45) is 0 Å². The van der Waals surface area contributed by atoms with E-state index in [9.17, 15) is 0 Å². The molecule has 0 fully saturated rings. The van der Waals surface area contributed by atoms with Gasteiger partial charge in [0.05, 0.1) is 17.4 Å². The Morgan fingerprint density at radius 3 is 2.71 bits per heavy atom. The summed E-state index contributed by atoms with van der Waals surface area (Å²) < 4.78 is 0.987. The number of benzene rings is 1. The third kappa shape index (κ3) is 1.91. The van der Waals surface area contributed by atoms with E-state index in [0.29, 0.717) is 0 Å². The third-order valence-electron chi connectivity index (χ3n) is 2.50. The lowest BCUT2D eigenvalue weighted by atomic mass is 10.2. The molecule has 0 amide bonds. The van der Waals surface area contributed by atoms with Gasteiger partial charge in [0.15, 0.2) is 0 Å². The van der Waals surface area contributed by atoms with Crippen LogP contribution in [-0.2, 0) is 0 Å². The Morgan fingerprint density at radius 1 is 0.941 bits per heavy atom. The second kappa shape index (κ2) is 4.22. The second-order valence-corrected chi connectivity index (χ2v) is 4.45. The largest absolute Gasteiger partial charge is 0.261 e. The molecule has 0 radical (unpaired) electrons. The molecule has 1 aromatic carbocycles. The first-order valence-corrected chi connectivity index (χ1v) is 5.95. The maximum atomic E-state index is 4.60. The number of aromatic nitrogens is 3. The predicted molar refractivity (Wildman–Crippen MR) is 70.5 cm³/mol. The fourth-order valence-corrected chi connectivity index (χ4v) is 2.16. The molecule has 0 unspecified atom stereocenters. The molecule has 0 aliphatic rings. The maximum absolute atomic E-state index is 4.60. The van der Waals surface area contributed by atoms with E-state index in [0.717, 1.165) is 26.8 Å². The Bertz CT molecular complexity index is 668. The van der Waals surface area contributed by atoms with E-state index < -0.39 is 0 Å². The summed E-state index contributed by atoms with van der Waals surface area (Å²) >= 11 is 3.51. The minimum atomic E-state index is 0.783. The van der Waals surface area contributed by atoms with Crippen LogP contribution in [0.4, 0.5) is 0 Å². The summed E-state index contributed by atoms with van der Waals surface area (Å²) in [4.78, 5) is 12.9. The van der Waals surface area contributed by atoms with E-state index in [-0.39, 0.29) is 0 Å². The zero-order valence-electron chi connectivity index (χ0n) is 8.84. The van der Waals surface area contributed by atoms with E-state index in [2.05, 4.69) is 30.9 Å². The zero-order chi connectivity index (χ0) is 11.7. The molecule has 3 nitrogen and oxygen atoms in total. The first-order chi connectivity index (χ1) is 8.34. The van der Waals surface area contributed by atoms with Crippen LogP contribution >= 0.6 is 15.9 Å². The van der Waals surface area contributed by atoms with Gasteiger partial charge in [-0.25, -0.2) is 4.98 Å². The molecule has 2 heterocycles. The lowest BCUT2D eigenvalue weighted by molar-refractivity contribution is 1.18. The van der Waals surface area contributed by atoms with Crippen molar-refractivity contribution in [3.8, 4) is 11.4 Å².